The Hall–Kier alpha value is -2.69. The van der Waals surface area contributed by atoms with E-state index in [0.717, 1.165) is 69.6 Å². The van der Waals surface area contributed by atoms with Gasteiger partial charge >= 0.3 is 0 Å². The van der Waals surface area contributed by atoms with Crippen LogP contribution in [0.25, 0.3) is 10.9 Å². The Labute approximate surface area is 217 Å². The zero-order chi connectivity index (χ0) is 26.3. The average molecular weight is 498 g/mol. The first kappa shape index (κ1) is 29.5. The van der Waals surface area contributed by atoms with Crippen LogP contribution in [-0.4, -0.2) is 22.9 Å². The van der Waals surface area contributed by atoms with Crippen LogP contribution >= 0.6 is 0 Å². The summed E-state index contributed by atoms with van der Waals surface area (Å²) in [5, 5.41) is 11.0. The van der Waals surface area contributed by atoms with Gasteiger partial charge in [0.2, 0.25) is 5.75 Å². The molecule has 1 heterocycles. The number of allylic oxidation sites excluding steroid dienone is 3. The molecule has 0 unspecified atom stereocenters. The fraction of sp³-hybridized carbons (Fsp3) is 0.581. The van der Waals surface area contributed by atoms with Gasteiger partial charge in [0.05, 0.1) is 12.1 Å². The smallest absolute Gasteiger partial charge is 0.297 e. The van der Waals surface area contributed by atoms with Crippen LogP contribution in [0.15, 0.2) is 46.3 Å². The van der Waals surface area contributed by atoms with E-state index >= 15 is 0 Å². The van der Waals surface area contributed by atoms with E-state index < -0.39 is 0 Å². The second-order valence-corrected chi connectivity index (χ2v) is 9.97. The van der Waals surface area contributed by atoms with Crippen molar-refractivity contribution in [1.82, 2.24) is 4.57 Å². The number of pyridine rings is 1. The molecule has 0 atom stereocenters. The summed E-state index contributed by atoms with van der Waals surface area (Å²) in [5.41, 5.74) is 3.06. The van der Waals surface area contributed by atoms with Crippen LogP contribution in [0.4, 0.5) is 0 Å². The highest BCUT2D eigenvalue weighted by atomic mass is 16.5. The summed E-state index contributed by atoms with van der Waals surface area (Å²) in [6.07, 6.45) is 14.8. The zero-order valence-electron chi connectivity index (χ0n) is 23.2. The van der Waals surface area contributed by atoms with E-state index in [1.807, 2.05) is 6.07 Å². The van der Waals surface area contributed by atoms with Crippen molar-refractivity contribution >= 4 is 10.9 Å². The molecule has 0 saturated heterocycles. The van der Waals surface area contributed by atoms with Crippen LogP contribution in [0.5, 0.6) is 17.2 Å². The molecule has 0 radical (unpaired) electrons. The second-order valence-electron chi connectivity index (χ2n) is 9.97. The third-order valence-electron chi connectivity index (χ3n) is 6.39. The normalized spacial score (nSPS) is 11.6. The maximum Gasteiger partial charge on any atom is 0.297 e. The van der Waals surface area contributed by atoms with Gasteiger partial charge in [0.15, 0.2) is 5.75 Å². The maximum atomic E-state index is 13.7. The SMILES string of the molecule is CCCCCCOc1c(OC/C=C(\C)CCC=C(C)C)c(=O)n(CCCCCC)c2cc(O)ccc12. The molecule has 1 aromatic heterocycles. The Balaban J connectivity index is 2.39. The van der Waals surface area contributed by atoms with Crippen molar-refractivity contribution in [2.75, 3.05) is 13.2 Å². The molecule has 5 heteroatoms. The summed E-state index contributed by atoms with van der Waals surface area (Å²) in [6.45, 7) is 12.1. The van der Waals surface area contributed by atoms with Crippen molar-refractivity contribution in [2.24, 2.45) is 0 Å². The Bertz CT molecular complexity index is 1060. The summed E-state index contributed by atoms with van der Waals surface area (Å²) in [6, 6.07) is 5.15. The van der Waals surface area contributed by atoms with Gasteiger partial charge in [0, 0.05) is 18.0 Å². The Morgan fingerprint density at radius 3 is 2.33 bits per heavy atom. The zero-order valence-corrected chi connectivity index (χ0v) is 23.2. The number of phenolic OH excluding ortho intramolecular Hbond substituents is 1. The monoisotopic (exact) mass is 497 g/mol. The van der Waals surface area contributed by atoms with Crippen LogP contribution in [0, 0.1) is 0 Å². The lowest BCUT2D eigenvalue weighted by atomic mass is 10.1. The van der Waals surface area contributed by atoms with E-state index in [-0.39, 0.29) is 17.1 Å². The van der Waals surface area contributed by atoms with Crippen molar-refractivity contribution in [3.63, 3.8) is 0 Å². The van der Waals surface area contributed by atoms with E-state index in [0.29, 0.717) is 31.0 Å². The number of aromatic hydroxyl groups is 1. The van der Waals surface area contributed by atoms with Crippen molar-refractivity contribution in [3.8, 4) is 17.2 Å². The van der Waals surface area contributed by atoms with E-state index in [1.165, 1.54) is 11.1 Å². The van der Waals surface area contributed by atoms with Crippen LogP contribution in [0.2, 0.25) is 0 Å². The van der Waals surface area contributed by atoms with E-state index in [1.54, 1.807) is 16.7 Å². The third kappa shape index (κ3) is 9.40. The molecule has 0 bridgehead atoms. The van der Waals surface area contributed by atoms with Crippen molar-refractivity contribution in [2.45, 2.75) is 105 Å². The summed E-state index contributed by atoms with van der Waals surface area (Å²) in [5.74, 6) is 0.904. The van der Waals surface area contributed by atoms with E-state index in [4.69, 9.17) is 9.47 Å². The van der Waals surface area contributed by atoms with Crippen molar-refractivity contribution in [3.05, 3.63) is 51.9 Å². The summed E-state index contributed by atoms with van der Waals surface area (Å²) >= 11 is 0. The lowest BCUT2D eigenvalue weighted by Gasteiger charge is -2.19. The van der Waals surface area contributed by atoms with Gasteiger partial charge in [-0.15, -0.1) is 0 Å². The molecule has 0 fully saturated rings. The van der Waals surface area contributed by atoms with Gasteiger partial charge in [-0.2, -0.15) is 0 Å². The highest BCUT2D eigenvalue weighted by Gasteiger charge is 2.20. The lowest BCUT2D eigenvalue weighted by molar-refractivity contribution is 0.275. The molecular weight excluding hydrogens is 450 g/mol. The topological polar surface area (TPSA) is 60.7 Å². The molecule has 0 aliphatic carbocycles. The number of fused-ring (bicyclic) bond motifs is 1. The number of hydrogen-bond donors (Lipinski definition) is 1. The predicted octanol–water partition coefficient (Wildman–Crippen LogP) is 8.32. The maximum absolute atomic E-state index is 13.7. The van der Waals surface area contributed by atoms with Crippen LogP contribution < -0.4 is 15.0 Å². The fourth-order valence-electron chi connectivity index (χ4n) is 4.24. The molecule has 1 aromatic carbocycles. The van der Waals surface area contributed by atoms with Gasteiger partial charge in [0.25, 0.3) is 5.56 Å². The summed E-state index contributed by atoms with van der Waals surface area (Å²) in [7, 11) is 0. The highest BCUT2D eigenvalue weighted by Crippen LogP contribution is 2.35. The molecule has 1 N–H and O–H groups in total. The van der Waals surface area contributed by atoms with Gasteiger partial charge in [-0.3, -0.25) is 4.79 Å². The Kier molecular flexibility index (Phi) is 13.2. The van der Waals surface area contributed by atoms with Gasteiger partial charge in [-0.05, 0) is 64.7 Å². The molecule has 0 saturated carbocycles. The number of phenols is 1. The number of rotatable bonds is 17. The molecule has 0 amide bonds. The fourth-order valence-corrected chi connectivity index (χ4v) is 4.24. The first-order valence-corrected chi connectivity index (χ1v) is 13.8. The van der Waals surface area contributed by atoms with Crippen LogP contribution in [-0.2, 0) is 6.54 Å². The molecule has 0 aliphatic heterocycles. The largest absolute Gasteiger partial charge is 0.508 e. The van der Waals surface area contributed by atoms with E-state index in [9.17, 15) is 9.90 Å². The minimum Gasteiger partial charge on any atom is -0.508 e. The molecule has 0 aliphatic rings. The number of aryl methyl sites for hydroxylation is 1. The van der Waals surface area contributed by atoms with Crippen LogP contribution in [0.3, 0.4) is 0 Å². The second kappa shape index (κ2) is 16.1. The number of benzene rings is 1. The molecular formula is C31H47NO4. The van der Waals surface area contributed by atoms with Crippen molar-refractivity contribution < 1.29 is 14.6 Å². The van der Waals surface area contributed by atoms with Crippen molar-refractivity contribution in [1.29, 1.82) is 0 Å². The van der Waals surface area contributed by atoms with Gasteiger partial charge in [-0.25, -0.2) is 0 Å². The first-order valence-electron chi connectivity index (χ1n) is 13.8. The molecule has 2 aromatic rings. The minimum atomic E-state index is -0.191. The molecule has 36 heavy (non-hydrogen) atoms. The number of ether oxygens (including phenoxy) is 2. The quantitative estimate of drug-likeness (QED) is 0.176. The molecule has 5 nitrogen and oxygen atoms in total. The lowest BCUT2D eigenvalue weighted by Crippen LogP contribution is -2.24. The Morgan fingerprint density at radius 1 is 0.917 bits per heavy atom. The Morgan fingerprint density at radius 2 is 1.64 bits per heavy atom. The molecule has 2 rings (SSSR count). The summed E-state index contributed by atoms with van der Waals surface area (Å²) < 4.78 is 14.1. The standard InChI is InChI=1S/C31H47NO4/c1-6-8-10-12-20-32-28-23-26(33)17-18-27(28)29(35-21-13-11-9-7-2)30(31(32)34)36-22-19-25(5)16-14-15-24(3)4/h15,17-19,23,33H,6-14,16,20-22H2,1-5H3/b25-19+. The minimum absolute atomic E-state index is 0.140. The number of hydrogen-bond acceptors (Lipinski definition) is 4. The predicted molar refractivity (Wildman–Crippen MR) is 152 cm³/mol. The first-order chi connectivity index (χ1) is 17.4. The highest BCUT2D eigenvalue weighted by molar-refractivity contribution is 5.89. The molecule has 0 spiro atoms. The molecule has 200 valence electrons. The van der Waals surface area contributed by atoms with Crippen LogP contribution in [0.1, 0.15) is 98.8 Å². The number of aromatic nitrogens is 1. The van der Waals surface area contributed by atoms with E-state index in [2.05, 4.69) is 46.8 Å². The van der Waals surface area contributed by atoms with Gasteiger partial charge in [-0.1, -0.05) is 69.6 Å². The number of nitrogens with zero attached hydrogens (tertiary/aromatic N) is 1. The van der Waals surface area contributed by atoms with Gasteiger partial charge < -0.3 is 19.1 Å². The number of unbranched alkanes of at least 4 members (excludes halogenated alkanes) is 6. The summed E-state index contributed by atoms with van der Waals surface area (Å²) in [4.78, 5) is 13.7. The average Bonchev–Trinajstić information content (AvgIpc) is 2.84. The third-order valence-corrected chi connectivity index (χ3v) is 6.39. The van der Waals surface area contributed by atoms with Gasteiger partial charge in [0.1, 0.15) is 12.4 Å².